The Bertz CT molecular complexity index is 1040. The minimum Gasteiger partial charge on any atom is -0.397 e. The molecule has 1 atom stereocenters. The van der Waals surface area contributed by atoms with Crippen molar-refractivity contribution in [3.8, 4) is 6.07 Å². The standard InChI is InChI=1S/C17H14ClN7O2/c18-9-3-1-8(2-4-9)11-12-13(20)10(7-19)15(21)23-16(12)24-6-5-22-17(24)14(11)25(26)27/h1-4,11,22H,5-6H2,(H4,20,21,23). The number of anilines is 3. The van der Waals surface area contributed by atoms with Crippen LogP contribution in [-0.2, 0) is 0 Å². The lowest BCUT2D eigenvalue weighted by molar-refractivity contribution is -0.430. The topological polar surface area (TPSA) is 147 Å². The fraction of sp³-hybridized carbons (Fsp3) is 0.176. The quantitative estimate of drug-likeness (QED) is 0.525. The molecule has 1 aromatic heterocycles. The van der Waals surface area contributed by atoms with Crippen LogP contribution in [0.25, 0.3) is 0 Å². The number of hydrogen-bond acceptors (Lipinski definition) is 8. The predicted molar refractivity (Wildman–Crippen MR) is 100 cm³/mol. The summed E-state index contributed by atoms with van der Waals surface area (Å²) in [6.45, 7) is 0.992. The van der Waals surface area contributed by atoms with E-state index in [2.05, 4.69) is 10.3 Å². The van der Waals surface area contributed by atoms with Gasteiger partial charge in [-0.3, -0.25) is 10.1 Å². The third kappa shape index (κ3) is 2.42. The van der Waals surface area contributed by atoms with Gasteiger partial charge in [-0.25, -0.2) is 4.98 Å². The van der Waals surface area contributed by atoms with Crippen LogP contribution in [0, 0.1) is 21.4 Å². The maximum Gasteiger partial charge on any atom is 0.298 e. The smallest absolute Gasteiger partial charge is 0.298 e. The number of rotatable bonds is 2. The molecule has 4 rings (SSSR count). The molecule has 0 amide bonds. The van der Waals surface area contributed by atoms with E-state index in [4.69, 9.17) is 23.1 Å². The molecule has 2 aromatic rings. The number of allylic oxidation sites excluding steroid dienone is 1. The predicted octanol–water partition coefficient (Wildman–Crippen LogP) is 1.77. The molecule has 1 saturated heterocycles. The zero-order chi connectivity index (χ0) is 19.3. The average Bonchev–Trinajstić information content (AvgIpc) is 3.11. The minimum atomic E-state index is -0.815. The Kier molecular flexibility index (Phi) is 3.78. The van der Waals surface area contributed by atoms with Crippen molar-refractivity contribution in [1.29, 1.82) is 5.26 Å². The minimum absolute atomic E-state index is 0.000547. The maximum atomic E-state index is 12.0. The summed E-state index contributed by atoms with van der Waals surface area (Å²) in [5.74, 6) is -0.0262. The van der Waals surface area contributed by atoms with Gasteiger partial charge in [-0.05, 0) is 17.7 Å². The van der Waals surface area contributed by atoms with Crippen molar-refractivity contribution in [2.45, 2.75) is 5.92 Å². The molecule has 5 N–H and O–H groups in total. The van der Waals surface area contributed by atoms with E-state index >= 15 is 0 Å². The number of nitriles is 1. The number of fused-ring (bicyclic) bond motifs is 3. The van der Waals surface area contributed by atoms with Gasteiger partial charge in [0, 0.05) is 23.7 Å². The van der Waals surface area contributed by atoms with Crippen LogP contribution in [0.4, 0.5) is 17.3 Å². The summed E-state index contributed by atoms with van der Waals surface area (Å²) < 4.78 is 0. The molecule has 1 fully saturated rings. The van der Waals surface area contributed by atoms with Crippen molar-refractivity contribution in [2.75, 3.05) is 29.5 Å². The van der Waals surface area contributed by atoms with Gasteiger partial charge in [0.1, 0.15) is 29.2 Å². The lowest BCUT2D eigenvalue weighted by Crippen LogP contribution is -2.34. The van der Waals surface area contributed by atoms with Crippen LogP contribution in [0.5, 0.6) is 0 Å². The monoisotopic (exact) mass is 383 g/mol. The molecule has 0 aliphatic carbocycles. The molecule has 2 aliphatic heterocycles. The highest BCUT2D eigenvalue weighted by molar-refractivity contribution is 6.30. The van der Waals surface area contributed by atoms with Gasteiger partial charge >= 0.3 is 0 Å². The number of aromatic nitrogens is 1. The molecule has 136 valence electrons. The zero-order valence-electron chi connectivity index (χ0n) is 13.9. The Morgan fingerprint density at radius 3 is 2.70 bits per heavy atom. The van der Waals surface area contributed by atoms with Crippen molar-refractivity contribution >= 4 is 28.9 Å². The SMILES string of the molecule is N#Cc1c(N)nc2c(c1N)C(c1ccc(Cl)cc1)C([N+](=O)[O-])=C1NCCN12. The summed E-state index contributed by atoms with van der Waals surface area (Å²) in [4.78, 5) is 17.6. The summed E-state index contributed by atoms with van der Waals surface area (Å²) in [7, 11) is 0. The summed E-state index contributed by atoms with van der Waals surface area (Å²) in [6, 6.07) is 8.65. The van der Waals surface area contributed by atoms with E-state index in [1.54, 1.807) is 29.2 Å². The molecule has 10 heteroatoms. The first kappa shape index (κ1) is 16.9. The number of nitrogens with two attached hydrogens (primary N) is 2. The van der Waals surface area contributed by atoms with Crippen molar-refractivity contribution in [2.24, 2.45) is 0 Å². The van der Waals surface area contributed by atoms with Crippen molar-refractivity contribution in [1.82, 2.24) is 10.3 Å². The molecule has 1 unspecified atom stereocenters. The average molecular weight is 384 g/mol. The van der Waals surface area contributed by atoms with Gasteiger partial charge in [-0.1, -0.05) is 23.7 Å². The van der Waals surface area contributed by atoms with Crippen LogP contribution in [0.3, 0.4) is 0 Å². The van der Waals surface area contributed by atoms with Gasteiger partial charge < -0.3 is 21.7 Å². The number of nitro groups is 1. The lowest BCUT2D eigenvalue weighted by atomic mass is 9.84. The number of pyridine rings is 1. The summed E-state index contributed by atoms with van der Waals surface area (Å²) in [6.07, 6.45) is 0. The molecule has 0 spiro atoms. The zero-order valence-corrected chi connectivity index (χ0v) is 14.7. The van der Waals surface area contributed by atoms with E-state index in [0.29, 0.717) is 40.9 Å². The summed E-state index contributed by atoms with van der Waals surface area (Å²) in [5.41, 5.74) is 13.3. The Labute approximate surface area is 159 Å². The first-order valence-corrected chi connectivity index (χ1v) is 8.46. The second-order valence-electron chi connectivity index (χ2n) is 6.19. The molecule has 0 radical (unpaired) electrons. The number of nitrogens with zero attached hydrogens (tertiary/aromatic N) is 4. The van der Waals surface area contributed by atoms with E-state index in [1.807, 2.05) is 6.07 Å². The van der Waals surface area contributed by atoms with Crippen molar-refractivity contribution in [3.05, 3.63) is 67.6 Å². The van der Waals surface area contributed by atoms with Crippen LogP contribution < -0.4 is 21.7 Å². The second kappa shape index (κ2) is 6.03. The van der Waals surface area contributed by atoms with E-state index in [1.165, 1.54) is 0 Å². The fourth-order valence-electron chi connectivity index (χ4n) is 3.61. The summed E-state index contributed by atoms with van der Waals surface area (Å²) in [5, 5.41) is 25.0. The van der Waals surface area contributed by atoms with Crippen LogP contribution in [-0.4, -0.2) is 23.0 Å². The molecule has 9 nitrogen and oxygen atoms in total. The van der Waals surface area contributed by atoms with Crippen LogP contribution in [0.1, 0.15) is 22.6 Å². The molecule has 0 bridgehead atoms. The Balaban J connectivity index is 2.08. The van der Waals surface area contributed by atoms with Crippen LogP contribution in [0.15, 0.2) is 35.8 Å². The van der Waals surface area contributed by atoms with Gasteiger partial charge in [0.15, 0.2) is 5.82 Å². The molecular weight excluding hydrogens is 370 g/mol. The molecule has 0 saturated carbocycles. The van der Waals surface area contributed by atoms with E-state index in [-0.39, 0.29) is 22.8 Å². The van der Waals surface area contributed by atoms with E-state index in [9.17, 15) is 15.4 Å². The second-order valence-corrected chi connectivity index (χ2v) is 6.63. The number of nitrogens with one attached hydrogen (secondary N) is 1. The number of nitrogen functional groups attached to an aromatic ring is 2. The largest absolute Gasteiger partial charge is 0.397 e. The Morgan fingerprint density at radius 2 is 2.07 bits per heavy atom. The molecule has 2 aliphatic rings. The third-order valence-electron chi connectivity index (χ3n) is 4.75. The van der Waals surface area contributed by atoms with E-state index < -0.39 is 10.8 Å². The Morgan fingerprint density at radius 1 is 1.37 bits per heavy atom. The highest BCUT2D eigenvalue weighted by atomic mass is 35.5. The first-order chi connectivity index (χ1) is 12.9. The normalized spacial score (nSPS) is 17.8. The van der Waals surface area contributed by atoms with Gasteiger partial charge in [-0.2, -0.15) is 5.26 Å². The summed E-state index contributed by atoms with van der Waals surface area (Å²) >= 11 is 5.98. The molecule has 3 heterocycles. The molecular formula is C17H14ClN7O2. The highest BCUT2D eigenvalue weighted by Gasteiger charge is 2.45. The van der Waals surface area contributed by atoms with Gasteiger partial charge in [0.25, 0.3) is 5.70 Å². The maximum absolute atomic E-state index is 12.0. The number of halogens is 1. The van der Waals surface area contributed by atoms with Crippen LogP contribution in [0.2, 0.25) is 5.02 Å². The molecule has 27 heavy (non-hydrogen) atoms. The van der Waals surface area contributed by atoms with Gasteiger partial charge in [-0.15, -0.1) is 0 Å². The number of hydrogen-bond donors (Lipinski definition) is 3. The Hall–Kier alpha value is -3.51. The van der Waals surface area contributed by atoms with Crippen LogP contribution >= 0.6 is 11.6 Å². The van der Waals surface area contributed by atoms with Crippen molar-refractivity contribution < 1.29 is 4.92 Å². The number of benzene rings is 1. The lowest BCUT2D eigenvalue weighted by Gasteiger charge is -2.31. The molecule has 1 aromatic carbocycles. The van der Waals surface area contributed by atoms with E-state index in [0.717, 1.165) is 0 Å². The fourth-order valence-corrected chi connectivity index (χ4v) is 3.74. The third-order valence-corrected chi connectivity index (χ3v) is 5.00. The van der Waals surface area contributed by atoms with Crippen molar-refractivity contribution in [3.63, 3.8) is 0 Å². The first-order valence-electron chi connectivity index (χ1n) is 8.08. The van der Waals surface area contributed by atoms with Gasteiger partial charge in [0.2, 0.25) is 0 Å². The van der Waals surface area contributed by atoms with Gasteiger partial charge in [0.05, 0.1) is 10.6 Å². The highest BCUT2D eigenvalue weighted by Crippen LogP contribution is 2.48.